The number of aromatic nitrogens is 2. The van der Waals surface area contributed by atoms with Gasteiger partial charge in [-0.25, -0.2) is 4.79 Å². The van der Waals surface area contributed by atoms with Gasteiger partial charge in [0.1, 0.15) is 5.15 Å². The fourth-order valence-electron chi connectivity index (χ4n) is 1.45. The highest BCUT2D eigenvalue weighted by Crippen LogP contribution is 2.27. The predicted octanol–water partition coefficient (Wildman–Crippen LogP) is 2.87. The number of nitrogens with zero attached hydrogens (tertiary/aromatic N) is 2. The average Bonchev–Trinajstić information content (AvgIpc) is 2.65. The SMILES string of the molecule is COC(=O)c1ccc2c(Cl)n(C(F)F)nc2c1. The van der Waals surface area contributed by atoms with E-state index in [1.165, 1.54) is 25.3 Å². The standard InChI is InChI=1S/C10H7ClF2N2O2/c1-17-9(16)5-2-3-6-7(4-5)14-15(8(6)11)10(12)13/h2-4,10H,1H3. The van der Waals surface area contributed by atoms with Gasteiger partial charge in [-0.15, -0.1) is 0 Å². The third-order valence-electron chi connectivity index (χ3n) is 2.24. The van der Waals surface area contributed by atoms with E-state index in [9.17, 15) is 13.6 Å². The molecule has 0 unspecified atom stereocenters. The van der Waals surface area contributed by atoms with E-state index in [0.29, 0.717) is 10.1 Å². The van der Waals surface area contributed by atoms with E-state index in [4.69, 9.17) is 11.6 Å². The molecule has 0 radical (unpaired) electrons. The summed E-state index contributed by atoms with van der Waals surface area (Å²) in [5.41, 5.74) is 0.453. The number of alkyl halides is 2. The van der Waals surface area contributed by atoms with Crippen LogP contribution in [0.15, 0.2) is 18.2 Å². The fraction of sp³-hybridized carbons (Fsp3) is 0.200. The summed E-state index contributed by atoms with van der Waals surface area (Å²) < 4.78 is 29.9. The Hall–Kier alpha value is -1.69. The van der Waals surface area contributed by atoms with Gasteiger partial charge >= 0.3 is 12.5 Å². The van der Waals surface area contributed by atoms with Crippen LogP contribution in [0.3, 0.4) is 0 Å². The van der Waals surface area contributed by atoms with Gasteiger partial charge in [0.15, 0.2) is 0 Å². The van der Waals surface area contributed by atoms with Gasteiger partial charge in [0.05, 0.1) is 18.2 Å². The number of carbonyl (C=O) groups excluding carboxylic acids is 1. The molecule has 0 bridgehead atoms. The molecule has 2 rings (SSSR count). The summed E-state index contributed by atoms with van der Waals surface area (Å²) in [6, 6.07) is 4.25. The molecule has 0 saturated heterocycles. The van der Waals surface area contributed by atoms with Gasteiger partial charge in [-0.2, -0.15) is 18.6 Å². The second kappa shape index (κ2) is 4.29. The van der Waals surface area contributed by atoms with E-state index in [2.05, 4.69) is 9.84 Å². The summed E-state index contributed by atoms with van der Waals surface area (Å²) in [5, 5.41) is 3.82. The van der Waals surface area contributed by atoms with Crippen molar-refractivity contribution in [1.82, 2.24) is 9.78 Å². The second-order valence-electron chi connectivity index (χ2n) is 3.24. The van der Waals surface area contributed by atoms with Crippen molar-refractivity contribution in [3.63, 3.8) is 0 Å². The lowest BCUT2D eigenvalue weighted by Crippen LogP contribution is -2.00. The van der Waals surface area contributed by atoms with Crippen molar-refractivity contribution >= 4 is 28.5 Å². The Kier molecular flexibility index (Phi) is 2.97. The summed E-state index contributed by atoms with van der Waals surface area (Å²) in [6.45, 7) is -2.82. The number of rotatable bonds is 2. The minimum Gasteiger partial charge on any atom is -0.465 e. The van der Waals surface area contributed by atoms with Crippen LogP contribution >= 0.6 is 11.6 Å². The van der Waals surface area contributed by atoms with Gasteiger partial charge in [-0.3, -0.25) is 0 Å². The topological polar surface area (TPSA) is 44.1 Å². The van der Waals surface area contributed by atoms with Crippen LogP contribution in [0.2, 0.25) is 5.15 Å². The van der Waals surface area contributed by atoms with E-state index in [1.54, 1.807) is 0 Å². The highest BCUT2D eigenvalue weighted by molar-refractivity contribution is 6.34. The minimum atomic E-state index is -2.82. The smallest absolute Gasteiger partial charge is 0.337 e. The lowest BCUT2D eigenvalue weighted by atomic mass is 10.2. The Morgan fingerprint density at radius 3 is 2.82 bits per heavy atom. The number of ether oxygens (including phenoxy) is 1. The normalized spacial score (nSPS) is 11.1. The molecule has 0 aliphatic heterocycles. The van der Waals surface area contributed by atoms with Crippen LogP contribution in [0.25, 0.3) is 10.9 Å². The first-order valence-electron chi connectivity index (χ1n) is 4.59. The number of benzene rings is 1. The molecule has 0 fully saturated rings. The van der Waals surface area contributed by atoms with Gasteiger partial charge in [-0.05, 0) is 18.2 Å². The number of fused-ring (bicyclic) bond motifs is 1. The molecule has 0 spiro atoms. The Bertz CT molecular complexity index is 583. The van der Waals surface area contributed by atoms with Crippen LogP contribution in [-0.4, -0.2) is 22.9 Å². The lowest BCUT2D eigenvalue weighted by Gasteiger charge is -1.98. The van der Waals surface area contributed by atoms with Crippen LogP contribution < -0.4 is 0 Å². The number of esters is 1. The van der Waals surface area contributed by atoms with Crippen LogP contribution in [0.5, 0.6) is 0 Å². The summed E-state index contributed by atoms with van der Waals surface area (Å²) in [7, 11) is 1.23. The van der Waals surface area contributed by atoms with Crippen molar-refractivity contribution in [2.75, 3.05) is 7.11 Å². The predicted molar refractivity (Wildman–Crippen MR) is 57.3 cm³/mol. The minimum absolute atomic E-state index is 0.161. The lowest BCUT2D eigenvalue weighted by molar-refractivity contribution is 0.0577. The van der Waals surface area contributed by atoms with Crippen molar-refractivity contribution in [2.24, 2.45) is 0 Å². The molecule has 1 aromatic heterocycles. The fourth-order valence-corrected chi connectivity index (χ4v) is 1.72. The summed E-state index contributed by atoms with van der Waals surface area (Å²) in [6.07, 6.45) is 0. The highest BCUT2D eigenvalue weighted by Gasteiger charge is 2.17. The van der Waals surface area contributed by atoms with Crippen molar-refractivity contribution in [3.8, 4) is 0 Å². The van der Waals surface area contributed by atoms with Crippen LogP contribution in [0.1, 0.15) is 16.9 Å². The maximum Gasteiger partial charge on any atom is 0.337 e. The van der Waals surface area contributed by atoms with Crippen molar-refractivity contribution < 1.29 is 18.3 Å². The van der Waals surface area contributed by atoms with E-state index in [0.717, 1.165) is 0 Å². The molecule has 0 amide bonds. The van der Waals surface area contributed by atoms with E-state index in [-0.39, 0.29) is 16.2 Å². The van der Waals surface area contributed by atoms with Gasteiger partial charge < -0.3 is 4.74 Å². The maximum atomic E-state index is 12.5. The molecule has 0 aliphatic rings. The van der Waals surface area contributed by atoms with E-state index < -0.39 is 12.5 Å². The van der Waals surface area contributed by atoms with Crippen LogP contribution in [0.4, 0.5) is 8.78 Å². The Balaban J connectivity index is 2.59. The molecular weight excluding hydrogens is 254 g/mol. The maximum absolute atomic E-state index is 12.5. The van der Waals surface area contributed by atoms with E-state index in [1.807, 2.05) is 0 Å². The molecule has 1 heterocycles. The molecule has 4 nitrogen and oxygen atoms in total. The quantitative estimate of drug-likeness (QED) is 0.780. The second-order valence-corrected chi connectivity index (χ2v) is 3.59. The highest BCUT2D eigenvalue weighted by atomic mass is 35.5. The molecule has 0 N–H and O–H groups in total. The number of halogens is 3. The summed E-state index contributed by atoms with van der Waals surface area (Å²) in [5.74, 6) is -0.561. The van der Waals surface area contributed by atoms with Crippen LogP contribution in [-0.2, 0) is 4.74 Å². The van der Waals surface area contributed by atoms with Gasteiger partial charge in [-0.1, -0.05) is 11.6 Å². The molecule has 17 heavy (non-hydrogen) atoms. The Labute approximate surface area is 99.7 Å². The van der Waals surface area contributed by atoms with E-state index >= 15 is 0 Å². The Morgan fingerprint density at radius 1 is 1.53 bits per heavy atom. The molecule has 7 heteroatoms. The average molecular weight is 261 g/mol. The zero-order chi connectivity index (χ0) is 12.6. The number of methoxy groups -OCH3 is 1. The van der Waals surface area contributed by atoms with Crippen molar-refractivity contribution in [2.45, 2.75) is 6.55 Å². The van der Waals surface area contributed by atoms with Gasteiger partial charge in [0.25, 0.3) is 0 Å². The first-order chi connectivity index (χ1) is 8.04. The largest absolute Gasteiger partial charge is 0.465 e. The zero-order valence-corrected chi connectivity index (χ0v) is 9.41. The monoisotopic (exact) mass is 260 g/mol. The molecule has 2 aromatic rings. The van der Waals surface area contributed by atoms with Gasteiger partial charge in [0.2, 0.25) is 0 Å². The summed E-state index contributed by atoms with van der Waals surface area (Å²) in [4.78, 5) is 11.2. The number of carbonyl (C=O) groups is 1. The Morgan fingerprint density at radius 2 is 2.24 bits per heavy atom. The van der Waals surface area contributed by atoms with Crippen LogP contribution in [0, 0.1) is 0 Å². The molecule has 0 saturated carbocycles. The van der Waals surface area contributed by atoms with Crippen molar-refractivity contribution in [3.05, 3.63) is 28.9 Å². The molecular formula is C10H7ClF2N2O2. The summed E-state index contributed by atoms with van der Waals surface area (Å²) >= 11 is 5.72. The molecule has 1 aromatic carbocycles. The number of hydrogen-bond donors (Lipinski definition) is 0. The third kappa shape index (κ3) is 1.95. The molecule has 90 valence electrons. The first kappa shape index (κ1) is 11.8. The zero-order valence-electron chi connectivity index (χ0n) is 8.65. The molecule has 0 atom stereocenters. The first-order valence-corrected chi connectivity index (χ1v) is 4.96. The third-order valence-corrected chi connectivity index (χ3v) is 2.62. The van der Waals surface area contributed by atoms with Gasteiger partial charge in [0, 0.05) is 5.39 Å². The number of hydrogen-bond acceptors (Lipinski definition) is 3. The molecule has 0 aliphatic carbocycles. The van der Waals surface area contributed by atoms with Crippen molar-refractivity contribution in [1.29, 1.82) is 0 Å².